The van der Waals surface area contributed by atoms with Gasteiger partial charge in [-0.05, 0) is 60.3 Å². The molecule has 4 rings (SSSR count). The molecule has 9 heteroatoms. The molecule has 2 N–H and O–H groups in total. The van der Waals surface area contributed by atoms with Gasteiger partial charge in [0.1, 0.15) is 23.1 Å². The van der Waals surface area contributed by atoms with E-state index in [0.29, 0.717) is 29.4 Å². The Hall–Kier alpha value is -3.33. The first-order chi connectivity index (χ1) is 14.9. The lowest BCUT2D eigenvalue weighted by atomic mass is 10.0. The molecule has 0 fully saturated rings. The summed E-state index contributed by atoms with van der Waals surface area (Å²) in [6.07, 6.45) is 3.69. The molecule has 31 heavy (non-hydrogen) atoms. The Morgan fingerprint density at radius 3 is 2.65 bits per heavy atom. The summed E-state index contributed by atoms with van der Waals surface area (Å²) in [5.41, 5.74) is 0.370. The molecule has 0 radical (unpaired) electrons. The van der Waals surface area contributed by atoms with E-state index < -0.39 is 34.6 Å². The highest BCUT2D eigenvalue weighted by molar-refractivity contribution is 8.00. The lowest BCUT2D eigenvalue weighted by Gasteiger charge is -2.11. The zero-order chi connectivity index (χ0) is 22.1. The minimum atomic E-state index is -1.14. The fraction of sp³-hybridized carbons (Fsp3) is 0.0909. The van der Waals surface area contributed by atoms with Crippen LogP contribution in [0.5, 0.6) is 0 Å². The predicted octanol–water partition coefficient (Wildman–Crippen LogP) is 6.03. The van der Waals surface area contributed by atoms with Gasteiger partial charge < -0.3 is 9.71 Å². The van der Waals surface area contributed by atoms with Crippen molar-refractivity contribution in [1.82, 2.24) is 9.97 Å². The molecule has 0 spiro atoms. The molecule has 0 bridgehead atoms. The van der Waals surface area contributed by atoms with E-state index >= 15 is 4.39 Å². The summed E-state index contributed by atoms with van der Waals surface area (Å²) in [6.45, 7) is 1.92. The van der Waals surface area contributed by atoms with E-state index in [1.807, 2.05) is 6.92 Å². The molecular weight excluding hydrogens is 430 g/mol. The Morgan fingerprint density at radius 1 is 1.10 bits per heavy atom. The summed E-state index contributed by atoms with van der Waals surface area (Å²) in [5.74, 6) is -4.41. The Labute approximate surface area is 178 Å². The van der Waals surface area contributed by atoms with E-state index in [1.54, 1.807) is 12.3 Å². The second-order valence-corrected chi connectivity index (χ2v) is 7.54. The minimum Gasteiger partial charge on any atom is -0.345 e. The van der Waals surface area contributed by atoms with Crippen LogP contribution in [-0.4, -0.2) is 15.8 Å². The van der Waals surface area contributed by atoms with Crippen LogP contribution in [0.25, 0.3) is 11.0 Å². The summed E-state index contributed by atoms with van der Waals surface area (Å²) in [5, 5.41) is 0.456. The van der Waals surface area contributed by atoms with Crippen molar-refractivity contribution in [3.63, 3.8) is 0 Å². The quantitative estimate of drug-likeness (QED) is 0.216. The monoisotopic (exact) mass is 445 g/mol. The number of pyridine rings is 1. The average Bonchev–Trinajstić information content (AvgIpc) is 3.18. The molecule has 0 aliphatic heterocycles. The summed E-state index contributed by atoms with van der Waals surface area (Å²) in [7, 11) is 0. The highest BCUT2D eigenvalue weighted by atomic mass is 32.2. The van der Waals surface area contributed by atoms with Crippen molar-refractivity contribution in [3.05, 3.63) is 88.8 Å². The number of fused-ring (bicyclic) bond motifs is 1. The minimum absolute atomic E-state index is 0.0802. The van der Waals surface area contributed by atoms with Gasteiger partial charge >= 0.3 is 0 Å². The van der Waals surface area contributed by atoms with Gasteiger partial charge in [0.15, 0.2) is 5.82 Å². The van der Waals surface area contributed by atoms with Gasteiger partial charge in [0.05, 0.1) is 16.1 Å². The van der Waals surface area contributed by atoms with Crippen molar-refractivity contribution in [2.75, 3.05) is 4.72 Å². The Bertz CT molecular complexity index is 1310. The van der Waals surface area contributed by atoms with Crippen LogP contribution in [0.1, 0.15) is 28.4 Å². The third-order valence-corrected chi connectivity index (χ3v) is 5.58. The number of hydrogen-bond acceptors (Lipinski definition) is 4. The fourth-order valence-corrected chi connectivity index (χ4v) is 3.78. The standard InChI is InChI=1S/C22H15F4N3OS/c1-2-11-7-13-14(10-28-22(13)27-9-11)21(30)19-16(25)5-6-17(20(19)26)29-31-18-8-12(23)3-4-15(18)24/h3-10,29H,2H2,1H3,(H,27,28). The van der Waals surface area contributed by atoms with Gasteiger partial charge in [0.2, 0.25) is 5.78 Å². The van der Waals surface area contributed by atoms with Gasteiger partial charge in [-0.2, -0.15) is 0 Å². The third-order valence-electron chi connectivity index (χ3n) is 4.72. The lowest BCUT2D eigenvalue weighted by molar-refractivity contribution is 0.103. The van der Waals surface area contributed by atoms with Gasteiger partial charge in [-0.25, -0.2) is 22.5 Å². The van der Waals surface area contributed by atoms with Gasteiger partial charge in [-0.15, -0.1) is 0 Å². The van der Waals surface area contributed by atoms with Crippen LogP contribution in [0, 0.1) is 23.3 Å². The van der Waals surface area contributed by atoms with E-state index in [9.17, 15) is 18.0 Å². The first-order valence-electron chi connectivity index (χ1n) is 9.25. The van der Waals surface area contributed by atoms with E-state index in [-0.39, 0.29) is 16.1 Å². The molecule has 0 atom stereocenters. The summed E-state index contributed by atoms with van der Waals surface area (Å²) >= 11 is 0.605. The van der Waals surface area contributed by atoms with Crippen LogP contribution in [-0.2, 0) is 6.42 Å². The number of anilines is 1. The number of H-pyrrole nitrogens is 1. The van der Waals surface area contributed by atoms with Gasteiger partial charge in [-0.1, -0.05) is 6.92 Å². The number of ketones is 1. The molecule has 2 aromatic carbocycles. The number of hydrogen-bond donors (Lipinski definition) is 2. The largest absolute Gasteiger partial charge is 0.345 e. The molecule has 2 heterocycles. The molecule has 0 saturated carbocycles. The third kappa shape index (κ3) is 4.00. The lowest BCUT2D eigenvalue weighted by Crippen LogP contribution is -2.09. The summed E-state index contributed by atoms with van der Waals surface area (Å²) < 4.78 is 59.2. The highest BCUT2D eigenvalue weighted by Crippen LogP contribution is 2.30. The van der Waals surface area contributed by atoms with Gasteiger partial charge in [0, 0.05) is 23.3 Å². The van der Waals surface area contributed by atoms with Crippen LogP contribution < -0.4 is 4.72 Å². The van der Waals surface area contributed by atoms with Crippen LogP contribution in [0.3, 0.4) is 0 Å². The fourth-order valence-electron chi connectivity index (χ4n) is 3.07. The second-order valence-electron chi connectivity index (χ2n) is 6.69. The Kier molecular flexibility index (Phi) is 5.69. The maximum absolute atomic E-state index is 15.1. The van der Waals surface area contributed by atoms with Crippen molar-refractivity contribution in [2.24, 2.45) is 0 Å². The molecule has 2 aromatic heterocycles. The summed E-state index contributed by atoms with van der Waals surface area (Å²) in [6, 6.07) is 6.58. The van der Waals surface area contributed by atoms with E-state index in [4.69, 9.17) is 0 Å². The molecule has 0 unspecified atom stereocenters. The zero-order valence-corrected chi connectivity index (χ0v) is 16.9. The first kappa shape index (κ1) is 20.9. The topological polar surface area (TPSA) is 57.8 Å². The Balaban J connectivity index is 1.69. The second kappa shape index (κ2) is 8.43. The highest BCUT2D eigenvalue weighted by Gasteiger charge is 2.24. The van der Waals surface area contributed by atoms with Gasteiger partial charge in [0.25, 0.3) is 0 Å². The summed E-state index contributed by atoms with van der Waals surface area (Å²) in [4.78, 5) is 19.9. The van der Waals surface area contributed by atoms with Crippen LogP contribution >= 0.6 is 11.9 Å². The number of halogens is 4. The van der Waals surface area contributed by atoms with Crippen molar-refractivity contribution >= 4 is 34.5 Å². The number of aromatic amines is 1. The van der Waals surface area contributed by atoms with E-state index in [1.165, 1.54) is 6.20 Å². The molecule has 4 nitrogen and oxygen atoms in total. The number of rotatable bonds is 6. The molecule has 0 aliphatic carbocycles. The van der Waals surface area contributed by atoms with Crippen LogP contribution in [0.2, 0.25) is 0 Å². The van der Waals surface area contributed by atoms with Crippen LogP contribution in [0.15, 0.2) is 53.7 Å². The van der Waals surface area contributed by atoms with Gasteiger partial charge in [-0.3, -0.25) is 4.79 Å². The van der Waals surface area contributed by atoms with Crippen molar-refractivity contribution in [1.29, 1.82) is 0 Å². The maximum atomic E-state index is 15.1. The van der Waals surface area contributed by atoms with Crippen LogP contribution in [0.4, 0.5) is 23.2 Å². The smallest absolute Gasteiger partial charge is 0.201 e. The number of carbonyl (C=O) groups excluding carboxylic acids is 1. The SMILES string of the molecule is CCc1cnc2[nH]cc(C(=O)c3c(F)ccc(NSc4cc(F)ccc4F)c3F)c2c1. The number of aryl methyl sites for hydroxylation is 1. The number of nitrogens with zero attached hydrogens (tertiary/aromatic N) is 1. The molecule has 0 aliphatic rings. The van der Waals surface area contributed by atoms with Crippen molar-refractivity contribution < 1.29 is 22.4 Å². The molecule has 4 aromatic rings. The predicted molar refractivity (Wildman–Crippen MR) is 111 cm³/mol. The normalized spacial score (nSPS) is 11.1. The number of benzene rings is 2. The number of aromatic nitrogens is 2. The number of carbonyl (C=O) groups is 1. The van der Waals surface area contributed by atoms with Crippen molar-refractivity contribution in [3.8, 4) is 0 Å². The van der Waals surface area contributed by atoms with E-state index in [2.05, 4.69) is 14.7 Å². The number of nitrogens with one attached hydrogen (secondary N) is 2. The zero-order valence-electron chi connectivity index (χ0n) is 16.1. The maximum Gasteiger partial charge on any atom is 0.201 e. The molecular formula is C22H15F4N3OS. The molecule has 0 saturated heterocycles. The van der Waals surface area contributed by atoms with E-state index in [0.717, 1.165) is 35.9 Å². The Morgan fingerprint density at radius 2 is 1.87 bits per heavy atom. The molecule has 158 valence electrons. The average molecular weight is 445 g/mol. The van der Waals surface area contributed by atoms with Crippen molar-refractivity contribution in [2.45, 2.75) is 18.2 Å². The molecule has 0 amide bonds. The first-order valence-corrected chi connectivity index (χ1v) is 10.1.